The van der Waals surface area contributed by atoms with Gasteiger partial charge in [0.15, 0.2) is 0 Å². The summed E-state index contributed by atoms with van der Waals surface area (Å²) in [6, 6.07) is 4.74. The van der Waals surface area contributed by atoms with Crippen LogP contribution in [0.1, 0.15) is 20.7 Å². The normalized spacial score (nSPS) is 9.53. The summed E-state index contributed by atoms with van der Waals surface area (Å²) in [6.45, 7) is 0. The lowest BCUT2D eigenvalue weighted by Gasteiger charge is -2.07. The molecule has 0 spiro atoms. The Balaban J connectivity index is 3.23. The zero-order valence-corrected chi connectivity index (χ0v) is 9.18. The van der Waals surface area contributed by atoms with Gasteiger partial charge in [0.2, 0.25) is 0 Å². The molecule has 1 aromatic rings. The Hall–Kier alpha value is -1.55. The average Bonchev–Trinajstić information content (AvgIpc) is 2.27. The summed E-state index contributed by atoms with van der Waals surface area (Å²) < 4.78 is 0. The van der Waals surface area contributed by atoms with Gasteiger partial charge in [-0.15, -0.1) is 0 Å². The van der Waals surface area contributed by atoms with Gasteiger partial charge in [-0.25, -0.2) is 0 Å². The first-order chi connectivity index (χ1) is 7.11. The van der Waals surface area contributed by atoms with Gasteiger partial charge in [0, 0.05) is 14.1 Å². The molecule has 0 radical (unpaired) electrons. The van der Waals surface area contributed by atoms with E-state index in [4.69, 9.17) is 11.6 Å². The SMILES string of the molecule is CNC(=O)c1cccc(C(=O)NC)c1Cl. The van der Waals surface area contributed by atoms with Crippen molar-refractivity contribution >= 4 is 23.4 Å². The molecule has 0 aliphatic heterocycles. The van der Waals surface area contributed by atoms with E-state index in [1.807, 2.05) is 0 Å². The zero-order chi connectivity index (χ0) is 11.4. The van der Waals surface area contributed by atoms with Gasteiger partial charge >= 0.3 is 0 Å². The van der Waals surface area contributed by atoms with E-state index in [0.29, 0.717) is 11.1 Å². The molecule has 4 nitrogen and oxygen atoms in total. The van der Waals surface area contributed by atoms with Gasteiger partial charge in [0.25, 0.3) is 11.8 Å². The van der Waals surface area contributed by atoms with Crippen molar-refractivity contribution in [3.63, 3.8) is 0 Å². The Bertz CT molecular complexity index is 370. The lowest BCUT2D eigenvalue weighted by molar-refractivity contribution is 0.0962. The Morgan fingerprint density at radius 3 is 1.80 bits per heavy atom. The van der Waals surface area contributed by atoms with Crippen LogP contribution in [0.3, 0.4) is 0 Å². The Morgan fingerprint density at radius 1 is 1.07 bits per heavy atom. The van der Waals surface area contributed by atoms with Crippen LogP contribution in [0.25, 0.3) is 0 Å². The molecule has 0 aliphatic carbocycles. The van der Waals surface area contributed by atoms with E-state index in [0.717, 1.165) is 0 Å². The van der Waals surface area contributed by atoms with Crippen LogP contribution < -0.4 is 10.6 Å². The smallest absolute Gasteiger partial charge is 0.252 e. The molecule has 1 aromatic carbocycles. The lowest BCUT2D eigenvalue weighted by atomic mass is 10.1. The van der Waals surface area contributed by atoms with Gasteiger partial charge < -0.3 is 10.6 Å². The van der Waals surface area contributed by atoms with E-state index in [1.54, 1.807) is 18.2 Å². The van der Waals surface area contributed by atoms with Gasteiger partial charge in [-0.2, -0.15) is 0 Å². The number of halogens is 1. The molecule has 1 rings (SSSR count). The molecule has 2 amide bonds. The van der Waals surface area contributed by atoms with Crippen LogP contribution in [-0.4, -0.2) is 25.9 Å². The summed E-state index contributed by atoms with van der Waals surface area (Å²) in [4.78, 5) is 22.7. The van der Waals surface area contributed by atoms with E-state index < -0.39 is 0 Å². The molecular formula is C10H11ClN2O2. The summed E-state index contributed by atoms with van der Waals surface area (Å²) >= 11 is 5.93. The molecular weight excluding hydrogens is 216 g/mol. The lowest BCUT2D eigenvalue weighted by Crippen LogP contribution is -2.22. The maximum absolute atomic E-state index is 11.4. The van der Waals surface area contributed by atoms with E-state index in [-0.39, 0.29) is 16.8 Å². The van der Waals surface area contributed by atoms with Crippen molar-refractivity contribution in [1.82, 2.24) is 10.6 Å². The first-order valence-electron chi connectivity index (χ1n) is 4.34. The topological polar surface area (TPSA) is 58.2 Å². The predicted molar refractivity (Wildman–Crippen MR) is 58.2 cm³/mol. The Labute approximate surface area is 92.6 Å². The van der Waals surface area contributed by atoms with Crippen molar-refractivity contribution in [2.24, 2.45) is 0 Å². The van der Waals surface area contributed by atoms with E-state index in [2.05, 4.69) is 10.6 Å². The van der Waals surface area contributed by atoms with Crippen molar-refractivity contribution < 1.29 is 9.59 Å². The highest BCUT2D eigenvalue weighted by molar-refractivity contribution is 6.36. The second-order valence-corrected chi connectivity index (χ2v) is 3.20. The standard InChI is InChI=1S/C10H11ClN2O2/c1-12-9(14)6-4-3-5-7(8(6)11)10(15)13-2/h3-5H,1-2H3,(H,12,14)(H,13,15). The maximum atomic E-state index is 11.4. The molecule has 0 unspecified atom stereocenters. The molecule has 2 N–H and O–H groups in total. The molecule has 0 heterocycles. The number of hydrogen-bond acceptors (Lipinski definition) is 2. The molecule has 0 bridgehead atoms. The number of hydrogen-bond donors (Lipinski definition) is 2. The summed E-state index contributed by atoms with van der Waals surface area (Å²) in [5.74, 6) is -0.628. The first kappa shape index (κ1) is 11.5. The monoisotopic (exact) mass is 226 g/mol. The van der Waals surface area contributed by atoms with Crippen molar-refractivity contribution in [3.8, 4) is 0 Å². The zero-order valence-electron chi connectivity index (χ0n) is 8.43. The number of amides is 2. The second-order valence-electron chi connectivity index (χ2n) is 2.83. The number of benzene rings is 1. The van der Waals surface area contributed by atoms with Gasteiger partial charge in [-0.05, 0) is 12.1 Å². The third kappa shape index (κ3) is 2.27. The minimum Gasteiger partial charge on any atom is -0.355 e. The highest BCUT2D eigenvalue weighted by Crippen LogP contribution is 2.20. The van der Waals surface area contributed by atoms with Gasteiger partial charge in [0.1, 0.15) is 0 Å². The average molecular weight is 227 g/mol. The van der Waals surface area contributed by atoms with Crippen LogP contribution in [0.4, 0.5) is 0 Å². The molecule has 80 valence electrons. The molecule has 0 atom stereocenters. The molecule has 15 heavy (non-hydrogen) atoms. The van der Waals surface area contributed by atoms with Gasteiger partial charge in [0.05, 0.1) is 16.1 Å². The highest BCUT2D eigenvalue weighted by Gasteiger charge is 2.15. The first-order valence-corrected chi connectivity index (χ1v) is 4.72. The fourth-order valence-corrected chi connectivity index (χ4v) is 1.45. The molecule has 0 fully saturated rings. The fraction of sp³-hybridized carbons (Fsp3) is 0.200. The van der Waals surface area contributed by atoms with Crippen molar-refractivity contribution in [2.45, 2.75) is 0 Å². The summed E-state index contributed by atoms with van der Waals surface area (Å²) in [7, 11) is 3.01. The van der Waals surface area contributed by atoms with Crippen molar-refractivity contribution in [3.05, 3.63) is 34.3 Å². The van der Waals surface area contributed by atoms with E-state index >= 15 is 0 Å². The maximum Gasteiger partial charge on any atom is 0.252 e. The molecule has 5 heteroatoms. The van der Waals surface area contributed by atoms with Crippen LogP contribution in [0.2, 0.25) is 5.02 Å². The molecule has 0 saturated heterocycles. The third-order valence-electron chi connectivity index (χ3n) is 1.94. The highest BCUT2D eigenvalue weighted by atomic mass is 35.5. The van der Waals surface area contributed by atoms with Crippen molar-refractivity contribution in [2.75, 3.05) is 14.1 Å². The Kier molecular flexibility index (Phi) is 3.68. The van der Waals surface area contributed by atoms with Crippen LogP contribution in [-0.2, 0) is 0 Å². The van der Waals surface area contributed by atoms with Crippen LogP contribution in [0.5, 0.6) is 0 Å². The summed E-state index contributed by atoms with van der Waals surface area (Å²) in [6.07, 6.45) is 0. The van der Waals surface area contributed by atoms with Gasteiger partial charge in [-0.1, -0.05) is 17.7 Å². The van der Waals surface area contributed by atoms with Crippen LogP contribution in [0, 0.1) is 0 Å². The van der Waals surface area contributed by atoms with Gasteiger partial charge in [-0.3, -0.25) is 9.59 Å². The van der Waals surface area contributed by atoms with Crippen LogP contribution in [0.15, 0.2) is 18.2 Å². The van der Waals surface area contributed by atoms with Crippen LogP contribution >= 0.6 is 11.6 Å². The third-order valence-corrected chi connectivity index (χ3v) is 2.35. The second kappa shape index (κ2) is 4.79. The quantitative estimate of drug-likeness (QED) is 0.792. The number of carbonyl (C=O) groups is 2. The minimum absolute atomic E-state index is 0.163. The summed E-state index contributed by atoms with van der Waals surface area (Å²) in [5.41, 5.74) is 0.584. The Morgan fingerprint density at radius 2 is 1.47 bits per heavy atom. The molecule has 0 saturated carbocycles. The molecule has 0 aromatic heterocycles. The van der Waals surface area contributed by atoms with Crippen molar-refractivity contribution in [1.29, 1.82) is 0 Å². The fourth-order valence-electron chi connectivity index (χ4n) is 1.15. The van der Waals surface area contributed by atoms with E-state index in [9.17, 15) is 9.59 Å². The summed E-state index contributed by atoms with van der Waals surface area (Å²) in [5, 5.41) is 5.07. The number of nitrogens with one attached hydrogen (secondary N) is 2. The number of rotatable bonds is 2. The predicted octanol–water partition coefficient (Wildman–Crippen LogP) is 1.06. The number of carbonyl (C=O) groups excluding carboxylic acids is 2. The minimum atomic E-state index is -0.314. The van der Waals surface area contributed by atoms with E-state index in [1.165, 1.54) is 14.1 Å². The largest absolute Gasteiger partial charge is 0.355 e. The molecule has 0 aliphatic rings.